The molecule has 3 heteroatoms. The molecule has 0 aromatic heterocycles. The van der Waals surface area contributed by atoms with E-state index >= 15 is 0 Å². The molecule has 1 aromatic rings. The van der Waals surface area contributed by atoms with Crippen LogP contribution in [0.4, 0.5) is 5.69 Å². The highest BCUT2D eigenvalue weighted by Gasteiger charge is 2.23. The molecular weight excluding hydrogens is 260 g/mol. The van der Waals surface area contributed by atoms with Gasteiger partial charge in [0.1, 0.15) is 0 Å². The molecule has 1 N–H and O–H groups in total. The van der Waals surface area contributed by atoms with Crippen molar-refractivity contribution in [3.63, 3.8) is 0 Å². The predicted molar refractivity (Wildman–Crippen MR) is 89.9 cm³/mol. The van der Waals surface area contributed by atoms with Crippen LogP contribution in [0.1, 0.15) is 31.4 Å². The molecule has 0 bridgehead atoms. The van der Waals surface area contributed by atoms with Gasteiger partial charge in [0, 0.05) is 39.0 Å². The minimum atomic E-state index is 0.765. The van der Waals surface area contributed by atoms with Crippen LogP contribution in [0, 0.1) is 18.8 Å². The normalized spacial score (nSPS) is 22.6. The fourth-order valence-corrected chi connectivity index (χ4v) is 3.07. The van der Waals surface area contributed by atoms with Gasteiger partial charge in [-0.25, -0.2) is 0 Å². The van der Waals surface area contributed by atoms with Gasteiger partial charge < -0.3 is 15.0 Å². The monoisotopic (exact) mass is 290 g/mol. The quantitative estimate of drug-likeness (QED) is 0.814. The van der Waals surface area contributed by atoms with E-state index in [-0.39, 0.29) is 0 Å². The summed E-state index contributed by atoms with van der Waals surface area (Å²) in [6.07, 6.45) is 1.31. The number of nitrogens with one attached hydrogen (secondary N) is 1. The van der Waals surface area contributed by atoms with Gasteiger partial charge in [0.15, 0.2) is 0 Å². The summed E-state index contributed by atoms with van der Waals surface area (Å²) in [4.78, 5) is 2.56. The van der Waals surface area contributed by atoms with Gasteiger partial charge >= 0.3 is 0 Å². The molecular formula is C18H30N2O. The number of nitrogens with zero attached hydrogens (tertiary/aromatic N) is 1. The van der Waals surface area contributed by atoms with Crippen molar-refractivity contribution < 1.29 is 4.74 Å². The van der Waals surface area contributed by atoms with E-state index in [1.807, 2.05) is 0 Å². The lowest BCUT2D eigenvalue weighted by atomic mass is 9.88. The highest BCUT2D eigenvalue weighted by Crippen LogP contribution is 2.29. The molecule has 1 aliphatic rings. The number of piperidine rings is 1. The highest BCUT2D eigenvalue weighted by atomic mass is 16.5. The molecule has 2 unspecified atom stereocenters. The van der Waals surface area contributed by atoms with Gasteiger partial charge in [0.2, 0.25) is 0 Å². The fraction of sp³-hybridized carbons (Fsp3) is 0.667. The average molecular weight is 290 g/mol. The van der Waals surface area contributed by atoms with Crippen LogP contribution in [0.5, 0.6) is 0 Å². The van der Waals surface area contributed by atoms with Crippen molar-refractivity contribution in [3.8, 4) is 0 Å². The third kappa shape index (κ3) is 4.45. The van der Waals surface area contributed by atoms with Crippen LogP contribution in [0.3, 0.4) is 0 Å². The van der Waals surface area contributed by atoms with Gasteiger partial charge in [0.05, 0.1) is 6.61 Å². The molecule has 118 valence electrons. The van der Waals surface area contributed by atoms with Gasteiger partial charge in [-0.15, -0.1) is 0 Å². The molecule has 1 heterocycles. The Balaban J connectivity index is 1.95. The standard InChI is InChI=1S/C18H30N2O/c1-14-7-9-20(13-16(14)3)18-6-5-17(11-15(18)2)12-19-8-10-21-4/h5-6,11,14,16,19H,7-10,12-13H2,1-4H3. The molecule has 1 aliphatic heterocycles. The van der Waals surface area contributed by atoms with Crippen LogP contribution in [0.25, 0.3) is 0 Å². The number of methoxy groups -OCH3 is 1. The van der Waals surface area contributed by atoms with Crippen molar-refractivity contribution in [1.29, 1.82) is 0 Å². The minimum Gasteiger partial charge on any atom is -0.383 e. The van der Waals surface area contributed by atoms with Crippen LogP contribution >= 0.6 is 0 Å². The highest BCUT2D eigenvalue weighted by molar-refractivity contribution is 5.54. The first-order valence-electron chi connectivity index (χ1n) is 8.16. The van der Waals surface area contributed by atoms with Gasteiger partial charge in [-0.2, -0.15) is 0 Å². The van der Waals surface area contributed by atoms with E-state index in [4.69, 9.17) is 4.74 Å². The molecule has 3 nitrogen and oxygen atoms in total. The Morgan fingerprint density at radius 1 is 1.29 bits per heavy atom. The zero-order valence-corrected chi connectivity index (χ0v) is 14.0. The van der Waals surface area contributed by atoms with Crippen LogP contribution in [-0.2, 0) is 11.3 Å². The van der Waals surface area contributed by atoms with E-state index in [1.54, 1.807) is 7.11 Å². The molecule has 2 rings (SSSR count). The Hall–Kier alpha value is -1.06. The summed E-state index contributed by atoms with van der Waals surface area (Å²) in [6, 6.07) is 6.87. The van der Waals surface area contributed by atoms with E-state index in [0.29, 0.717) is 0 Å². The zero-order chi connectivity index (χ0) is 15.2. The molecule has 0 amide bonds. The smallest absolute Gasteiger partial charge is 0.0587 e. The third-order valence-electron chi connectivity index (χ3n) is 4.75. The zero-order valence-electron chi connectivity index (χ0n) is 14.0. The Morgan fingerprint density at radius 2 is 2.10 bits per heavy atom. The van der Waals surface area contributed by atoms with Gasteiger partial charge in [-0.05, 0) is 42.4 Å². The molecule has 1 saturated heterocycles. The van der Waals surface area contributed by atoms with Gasteiger partial charge in [-0.3, -0.25) is 0 Å². The fourth-order valence-electron chi connectivity index (χ4n) is 3.07. The lowest BCUT2D eigenvalue weighted by Crippen LogP contribution is -2.38. The van der Waals surface area contributed by atoms with E-state index in [1.165, 1.54) is 36.3 Å². The Bertz CT molecular complexity index is 447. The van der Waals surface area contributed by atoms with E-state index in [9.17, 15) is 0 Å². The predicted octanol–water partition coefficient (Wildman–Crippen LogP) is 3.21. The summed E-state index contributed by atoms with van der Waals surface area (Å²) >= 11 is 0. The number of hydrogen-bond acceptors (Lipinski definition) is 3. The molecule has 0 aliphatic carbocycles. The summed E-state index contributed by atoms with van der Waals surface area (Å²) in [5.41, 5.74) is 4.16. The molecule has 1 aromatic carbocycles. The van der Waals surface area contributed by atoms with Gasteiger partial charge in [0.25, 0.3) is 0 Å². The maximum atomic E-state index is 5.05. The molecule has 2 atom stereocenters. The van der Waals surface area contributed by atoms with Crippen molar-refractivity contribution in [2.24, 2.45) is 11.8 Å². The summed E-state index contributed by atoms with van der Waals surface area (Å²) < 4.78 is 5.05. The van der Waals surface area contributed by atoms with E-state index in [0.717, 1.165) is 31.5 Å². The first-order valence-corrected chi connectivity index (χ1v) is 8.16. The van der Waals surface area contributed by atoms with Crippen molar-refractivity contribution in [2.45, 2.75) is 33.7 Å². The summed E-state index contributed by atoms with van der Waals surface area (Å²) in [5.74, 6) is 1.64. The summed E-state index contributed by atoms with van der Waals surface area (Å²) in [6.45, 7) is 11.9. The number of hydrogen-bond donors (Lipinski definition) is 1. The summed E-state index contributed by atoms with van der Waals surface area (Å²) in [7, 11) is 1.74. The van der Waals surface area contributed by atoms with Gasteiger partial charge in [-0.1, -0.05) is 26.0 Å². The lowest BCUT2D eigenvalue weighted by Gasteiger charge is -2.37. The number of rotatable bonds is 6. The molecule has 0 saturated carbocycles. The van der Waals surface area contributed by atoms with Crippen LogP contribution < -0.4 is 10.2 Å². The number of anilines is 1. The van der Waals surface area contributed by atoms with E-state index < -0.39 is 0 Å². The average Bonchev–Trinajstić information content (AvgIpc) is 2.47. The number of ether oxygens (including phenoxy) is 1. The SMILES string of the molecule is COCCNCc1ccc(N2CCC(C)C(C)C2)c(C)c1. The van der Waals surface area contributed by atoms with Crippen molar-refractivity contribution in [1.82, 2.24) is 5.32 Å². The molecule has 0 spiro atoms. The summed E-state index contributed by atoms with van der Waals surface area (Å²) in [5, 5.41) is 3.40. The first kappa shape index (κ1) is 16.3. The van der Waals surface area contributed by atoms with Crippen molar-refractivity contribution in [2.75, 3.05) is 38.3 Å². The molecule has 21 heavy (non-hydrogen) atoms. The van der Waals surface area contributed by atoms with E-state index in [2.05, 4.69) is 49.2 Å². The Labute approximate surface area is 129 Å². The molecule has 0 radical (unpaired) electrons. The Kier molecular flexibility index (Phi) is 6.07. The maximum absolute atomic E-state index is 5.05. The minimum absolute atomic E-state index is 0.765. The lowest BCUT2D eigenvalue weighted by molar-refractivity contribution is 0.199. The maximum Gasteiger partial charge on any atom is 0.0587 e. The van der Waals surface area contributed by atoms with Crippen molar-refractivity contribution >= 4 is 5.69 Å². The van der Waals surface area contributed by atoms with Crippen LogP contribution in [0.2, 0.25) is 0 Å². The van der Waals surface area contributed by atoms with Crippen LogP contribution in [0.15, 0.2) is 18.2 Å². The van der Waals surface area contributed by atoms with Crippen molar-refractivity contribution in [3.05, 3.63) is 29.3 Å². The third-order valence-corrected chi connectivity index (χ3v) is 4.75. The topological polar surface area (TPSA) is 24.5 Å². The largest absolute Gasteiger partial charge is 0.383 e. The first-order chi connectivity index (χ1) is 10.1. The second-order valence-corrected chi connectivity index (χ2v) is 6.48. The number of benzene rings is 1. The Morgan fingerprint density at radius 3 is 2.76 bits per heavy atom. The van der Waals surface area contributed by atoms with Crippen LogP contribution in [-0.4, -0.2) is 33.4 Å². The second kappa shape index (κ2) is 7.81. The second-order valence-electron chi connectivity index (χ2n) is 6.48. The molecule has 1 fully saturated rings. The number of aryl methyl sites for hydroxylation is 1.